The average Bonchev–Trinajstić information content (AvgIpc) is 3.36. The van der Waals surface area contributed by atoms with Crippen molar-refractivity contribution in [3.8, 4) is 0 Å². The van der Waals surface area contributed by atoms with Gasteiger partial charge >= 0.3 is 5.97 Å². The van der Waals surface area contributed by atoms with Gasteiger partial charge in [0.2, 0.25) is 0 Å². The normalized spacial score (nSPS) is 22.3. The summed E-state index contributed by atoms with van der Waals surface area (Å²) < 4.78 is 7.31. The Bertz CT molecular complexity index is 839. The van der Waals surface area contributed by atoms with E-state index in [4.69, 9.17) is 4.74 Å². The summed E-state index contributed by atoms with van der Waals surface area (Å²) in [4.78, 5) is 29.0. The van der Waals surface area contributed by atoms with Gasteiger partial charge < -0.3 is 9.30 Å². The molecule has 124 valence electrons. The average molecular weight is 324 g/mol. The molecule has 0 saturated heterocycles. The standard InChI is InChI=1S/C19H20N2O3/c1-19(9-2-4-13-5-3-10-20-12-13)15-8-11-21(14-6-7-14)17(22)16(15)18(23)24-19/h3,5,8,10-12,14H,2,4,6-7,9H2,1H3. The van der Waals surface area contributed by atoms with E-state index in [1.807, 2.05) is 37.5 Å². The van der Waals surface area contributed by atoms with Gasteiger partial charge in [-0.2, -0.15) is 0 Å². The number of pyridine rings is 2. The third kappa shape index (κ3) is 2.54. The molecule has 0 aromatic carbocycles. The third-order valence-electron chi connectivity index (χ3n) is 4.99. The van der Waals surface area contributed by atoms with Crippen molar-refractivity contribution in [3.63, 3.8) is 0 Å². The van der Waals surface area contributed by atoms with Crippen LogP contribution in [0.1, 0.15) is 60.1 Å². The molecule has 0 amide bonds. The van der Waals surface area contributed by atoms with Gasteiger partial charge in [0.15, 0.2) is 0 Å². The minimum atomic E-state index is -0.712. The quantitative estimate of drug-likeness (QED) is 0.793. The van der Waals surface area contributed by atoms with Gasteiger partial charge in [-0.1, -0.05) is 6.07 Å². The van der Waals surface area contributed by atoms with Gasteiger partial charge in [-0.05, 0) is 56.7 Å². The lowest BCUT2D eigenvalue weighted by Crippen LogP contribution is -2.25. The predicted molar refractivity (Wildman–Crippen MR) is 88.9 cm³/mol. The number of aromatic nitrogens is 2. The lowest BCUT2D eigenvalue weighted by Gasteiger charge is -2.24. The van der Waals surface area contributed by atoms with E-state index >= 15 is 0 Å². The van der Waals surface area contributed by atoms with Crippen LogP contribution in [0.15, 0.2) is 41.6 Å². The molecule has 0 radical (unpaired) electrons. The highest BCUT2D eigenvalue weighted by Gasteiger charge is 2.44. The number of carbonyl (C=O) groups is 1. The van der Waals surface area contributed by atoms with Gasteiger partial charge in [0.1, 0.15) is 11.2 Å². The summed E-state index contributed by atoms with van der Waals surface area (Å²) in [7, 11) is 0. The van der Waals surface area contributed by atoms with E-state index in [-0.39, 0.29) is 17.2 Å². The van der Waals surface area contributed by atoms with Crippen molar-refractivity contribution in [2.24, 2.45) is 0 Å². The highest BCUT2D eigenvalue weighted by molar-refractivity contribution is 5.94. The van der Waals surface area contributed by atoms with Gasteiger partial charge in [0.05, 0.1) is 0 Å². The van der Waals surface area contributed by atoms with E-state index in [0.717, 1.165) is 36.8 Å². The molecule has 1 aliphatic heterocycles. The number of fused-ring (bicyclic) bond motifs is 1. The van der Waals surface area contributed by atoms with Crippen LogP contribution in [-0.4, -0.2) is 15.5 Å². The number of rotatable bonds is 5. The van der Waals surface area contributed by atoms with E-state index < -0.39 is 11.6 Å². The Morgan fingerprint density at radius 2 is 2.17 bits per heavy atom. The van der Waals surface area contributed by atoms with Crippen LogP contribution in [0.3, 0.4) is 0 Å². The fourth-order valence-corrected chi connectivity index (χ4v) is 3.50. The van der Waals surface area contributed by atoms with Crippen LogP contribution in [0.25, 0.3) is 0 Å². The maximum absolute atomic E-state index is 12.6. The van der Waals surface area contributed by atoms with Crippen LogP contribution >= 0.6 is 0 Å². The zero-order valence-electron chi connectivity index (χ0n) is 13.7. The van der Waals surface area contributed by atoms with E-state index in [2.05, 4.69) is 4.98 Å². The SMILES string of the molecule is CC1(CCCc2cccnc2)OC(=O)c2c1ccn(C1CC1)c2=O. The smallest absolute Gasteiger partial charge is 0.345 e. The molecule has 3 heterocycles. The maximum Gasteiger partial charge on any atom is 0.345 e. The van der Waals surface area contributed by atoms with Crippen molar-refractivity contribution < 1.29 is 9.53 Å². The van der Waals surface area contributed by atoms with E-state index in [1.54, 1.807) is 10.8 Å². The summed E-state index contributed by atoms with van der Waals surface area (Å²) in [6.45, 7) is 1.90. The monoisotopic (exact) mass is 324 g/mol. The Kier molecular flexibility index (Phi) is 3.52. The lowest BCUT2D eigenvalue weighted by atomic mass is 9.89. The Morgan fingerprint density at radius 1 is 1.33 bits per heavy atom. The van der Waals surface area contributed by atoms with Crippen molar-refractivity contribution in [3.05, 3.63) is 63.8 Å². The zero-order valence-corrected chi connectivity index (χ0v) is 13.7. The zero-order chi connectivity index (χ0) is 16.7. The fourth-order valence-electron chi connectivity index (χ4n) is 3.50. The second kappa shape index (κ2) is 5.58. The topological polar surface area (TPSA) is 61.2 Å². The number of carbonyl (C=O) groups excluding carboxylic acids is 1. The Labute approximate surface area is 140 Å². The Morgan fingerprint density at radius 3 is 2.88 bits per heavy atom. The van der Waals surface area contributed by atoms with Crippen molar-refractivity contribution in [1.29, 1.82) is 0 Å². The molecule has 5 heteroatoms. The lowest BCUT2D eigenvalue weighted by molar-refractivity contribution is -0.00389. The van der Waals surface area contributed by atoms with Gasteiger partial charge in [-0.3, -0.25) is 9.78 Å². The molecule has 24 heavy (non-hydrogen) atoms. The molecular weight excluding hydrogens is 304 g/mol. The fraction of sp³-hybridized carbons (Fsp3) is 0.421. The van der Waals surface area contributed by atoms with Gasteiger partial charge in [0.25, 0.3) is 5.56 Å². The minimum Gasteiger partial charge on any atom is -0.451 e. The highest BCUT2D eigenvalue weighted by Crippen LogP contribution is 2.40. The number of hydrogen-bond donors (Lipinski definition) is 0. The Hall–Kier alpha value is -2.43. The molecule has 4 rings (SSSR count). The van der Waals surface area contributed by atoms with Crippen LogP contribution in [0, 0.1) is 0 Å². The number of ether oxygens (including phenoxy) is 1. The van der Waals surface area contributed by atoms with Crippen molar-refractivity contribution >= 4 is 5.97 Å². The van der Waals surface area contributed by atoms with Crippen LogP contribution in [0.4, 0.5) is 0 Å². The molecule has 5 nitrogen and oxygen atoms in total. The van der Waals surface area contributed by atoms with E-state index in [9.17, 15) is 9.59 Å². The molecule has 2 aromatic heterocycles. The molecule has 1 atom stereocenters. The number of hydrogen-bond acceptors (Lipinski definition) is 4. The summed E-state index contributed by atoms with van der Waals surface area (Å²) in [6.07, 6.45) is 9.87. The molecule has 2 aliphatic rings. The number of aryl methyl sites for hydroxylation is 1. The first-order chi connectivity index (χ1) is 11.6. The van der Waals surface area contributed by atoms with Crippen molar-refractivity contribution in [1.82, 2.24) is 9.55 Å². The van der Waals surface area contributed by atoms with Crippen molar-refractivity contribution in [2.75, 3.05) is 0 Å². The number of cyclic esters (lactones) is 1. The first kappa shape index (κ1) is 15.1. The van der Waals surface area contributed by atoms with Crippen LogP contribution in [-0.2, 0) is 16.8 Å². The molecule has 1 unspecified atom stereocenters. The molecule has 1 fully saturated rings. The van der Waals surface area contributed by atoms with Crippen LogP contribution < -0.4 is 5.56 Å². The molecule has 2 aromatic rings. The second-order valence-corrected chi connectivity index (χ2v) is 6.88. The summed E-state index contributed by atoms with van der Waals surface area (Å²) in [5, 5.41) is 0. The van der Waals surface area contributed by atoms with Crippen molar-refractivity contribution in [2.45, 2.75) is 50.7 Å². The van der Waals surface area contributed by atoms with Gasteiger partial charge in [-0.25, -0.2) is 4.79 Å². The first-order valence-corrected chi connectivity index (χ1v) is 8.46. The third-order valence-corrected chi connectivity index (χ3v) is 4.99. The minimum absolute atomic E-state index is 0.198. The van der Waals surface area contributed by atoms with Gasteiger partial charge in [-0.15, -0.1) is 0 Å². The van der Waals surface area contributed by atoms with E-state index in [0.29, 0.717) is 6.42 Å². The Balaban J connectivity index is 1.56. The molecule has 0 spiro atoms. The van der Waals surface area contributed by atoms with E-state index in [1.165, 1.54) is 0 Å². The summed E-state index contributed by atoms with van der Waals surface area (Å²) in [5.74, 6) is -0.478. The molecule has 0 bridgehead atoms. The second-order valence-electron chi connectivity index (χ2n) is 6.88. The maximum atomic E-state index is 12.6. The summed E-state index contributed by atoms with van der Waals surface area (Å²) >= 11 is 0. The summed E-state index contributed by atoms with van der Waals surface area (Å²) in [5.41, 5.74) is 1.22. The predicted octanol–water partition coefficient (Wildman–Crippen LogP) is 2.99. The van der Waals surface area contributed by atoms with Crippen LogP contribution in [0.5, 0.6) is 0 Å². The molecule has 0 N–H and O–H groups in total. The molecular formula is C19H20N2O3. The number of nitrogens with zero attached hydrogens (tertiary/aromatic N) is 2. The summed E-state index contributed by atoms with van der Waals surface area (Å²) in [6, 6.07) is 6.11. The highest BCUT2D eigenvalue weighted by atomic mass is 16.6. The van der Waals surface area contributed by atoms with Gasteiger partial charge in [0, 0.05) is 30.2 Å². The largest absolute Gasteiger partial charge is 0.451 e. The number of esters is 1. The first-order valence-electron chi connectivity index (χ1n) is 8.46. The molecule has 1 aliphatic carbocycles. The van der Waals surface area contributed by atoms with Crippen LogP contribution in [0.2, 0.25) is 0 Å². The molecule has 1 saturated carbocycles.